The monoisotopic (exact) mass is 1510 g/mol. The lowest BCUT2D eigenvalue weighted by Crippen LogP contribution is -2.30. The minimum atomic E-state index is -4.97. The second-order valence-corrected chi connectivity index (χ2v) is 34.8. The summed E-state index contributed by atoms with van der Waals surface area (Å²) in [5.41, 5.74) is 0. The Morgan fingerprint density at radius 3 is 0.689 bits per heavy atom. The molecular weight excluding hydrogens is 1340 g/mol. The van der Waals surface area contributed by atoms with Gasteiger partial charge in [0.2, 0.25) is 0 Å². The van der Waals surface area contributed by atoms with E-state index in [4.69, 9.17) is 37.0 Å². The van der Waals surface area contributed by atoms with Gasteiger partial charge in [-0.3, -0.25) is 37.3 Å². The van der Waals surface area contributed by atoms with Gasteiger partial charge in [-0.25, -0.2) is 9.13 Å². The summed E-state index contributed by atoms with van der Waals surface area (Å²) in [6, 6.07) is 0. The molecule has 103 heavy (non-hydrogen) atoms. The summed E-state index contributed by atoms with van der Waals surface area (Å²) in [4.78, 5) is 73.1. The Morgan fingerprint density at radius 1 is 0.272 bits per heavy atom. The van der Waals surface area contributed by atoms with Crippen molar-refractivity contribution in [3.8, 4) is 0 Å². The molecule has 6 atom stereocenters. The molecule has 0 aromatic heterocycles. The third kappa shape index (κ3) is 76.6. The van der Waals surface area contributed by atoms with Crippen LogP contribution >= 0.6 is 15.6 Å². The smallest absolute Gasteiger partial charge is 0.462 e. The standard InChI is InChI=1S/C84H164O17P2/c1-9-77(8)63-55-47-38-32-26-19-16-17-21-28-34-40-50-58-66-83(88)100-79(70-94-81(86)64-56-48-39-33-27-20-15-13-11-10-12-14-18-24-30-36-44-52-60-74(2)3)72-98-102(90,91)96-68-78(85)69-97-103(92,93)99-73-80(71-95-82(87)65-57-49-43-42-46-54-62-76(6)7)101-84(89)67-59-51-41-35-29-23-22-25-31-37-45-53-61-75(4)5/h74-80,85H,9-73H2,1-8H3,(H,90,91)(H,92,93)/t77?,78-,79-,80-/m1/s1. The van der Waals surface area contributed by atoms with Gasteiger partial charge >= 0.3 is 39.5 Å². The van der Waals surface area contributed by atoms with Gasteiger partial charge in [-0.05, 0) is 49.4 Å². The molecule has 0 saturated carbocycles. The second-order valence-electron chi connectivity index (χ2n) is 31.9. The van der Waals surface area contributed by atoms with E-state index in [1.165, 1.54) is 231 Å². The van der Waals surface area contributed by atoms with Gasteiger partial charge in [0.25, 0.3) is 0 Å². The minimum absolute atomic E-state index is 0.106. The summed E-state index contributed by atoms with van der Waals surface area (Å²) in [5, 5.41) is 10.7. The van der Waals surface area contributed by atoms with Crippen LogP contribution in [0, 0.1) is 23.7 Å². The highest BCUT2D eigenvalue weighted by Gasteiger charge is 2.30. The molecule has 0 aliphatic rings. The van der Waals surface area contributed by atoms with Gasteiger partial charge in [0, 0.05) is 25.7 Å². The molecular formula is C84H164O17P2. The predicted octanol–water partition coefficient (Wildman–Crippen LogP) is 25.2. The number of carbonyl (C=O) groups is 4. The van der Waals surface area contributed by atoms with E-state index in [1.807, 2.05) is 0 Å². The summed E-state index contributed by atoms with van der Waals surface area (Å²) >= 11 is 0. The first kappa shape index (κ1) is 101. The van der Waals surface area contributed by atoms with Crippen molar-refractivity contribution in [2.75, 3.05) is 39.6 Å². The van der Waals surface area contributed by atoms with Crippen molar-refractivity contribution in [1.29, 1.82) is 0 Å². The molecule has 0 aliphatic carbocycles. The maximum absolute atomic E-state index is 13.1. The van der Waals surface area contributed by atoms with Crippen LogP contribution in [0.3, 0.4) is 0 Å². The van der Waals surface area contributed by atoms with E-state index in [0.717, 1.165) is 114 Å². The topological polar surface area (TPSA) is 237 Å². The molecule has 17 nitrogen and oxygen atoms in total. The number of rotatable bonds is 81. The lowest BCUT2D eigenvalue weighted by atomic mass is 9.99. The van der Waals surface area contributed by atoms with E-state index < -0.39 is 97.5 Å². The third-order valence-electron chi connectivity index (χ3n) is 19.9. The number of hydrogen-bond donors (Lipinski definition) is 3. The fourth-order valence-corrected chi connectivity index (χ4v) is 14.5. The Balaban J connectivity index is 5.21. The highest BCUT2D eigenvalue weighted by atomic mass is 31.2. The first-order chi connectivity index (χ1) is 49.6. The van der Waals surface area contributed by atoms with E-state index >= 15 is 0 Å². The first-order valence-corrected chi connectivity index (χ1v) is 46.2. The Bertz CT molecular complexity index is 2010. The maximum atomic E-state index is 13.1. The normalized spacial score (nSPS) is 14.2. The van der Waals surface area contributed by atoms with Crippen molar-refractivity contribution in [1.82, 2.24) is 0 Å². The Kier molecular flexibility index (Phi) is 71.5. The molecule has 0 aliphatic heterocycles. The van der Waals surface area contributed by atoms with Gasteiger partial charge in [0.05, 0.1) is 26.4 Å². The Hall–Kier alpha value is -1.94. The largest absolute Gasteiger partial charge is 0.472 e. The summed E-state index contributed by atoms with van der Waals surface area (Å²) in [5.74, 6) is 1.01. The molecule has 612 valence electrons. The van der Waals surface area contributed by atoms with Gasteiger partial charge in [0.1, 0.15) is 19.3 Å². The van der Waals surface area contributed by atoms with Gasteiger partial charge in [-0.2, -0.15) is 0 Å². The molecule has 0 saturated heterocycles. The zero-order valence-corrected chi connectivity index (χ0v) is 69.7. The summed E-state index contributed by atoms with van der Waals surface area (Å²) in [6.45, 7) is 14.3. The van der Waals surface area contributed by atoms with Crippen molar-refractivity contribution in [3.63, 3.8) is 0 Å². The zero-order chi connectivity index (χ0) is 76.0. The average molecular weight is 1510 g/mol. The fourth-order valence-electron chi connectivity index (χ4n) is 12.9. The molecule has 0 amide bonds. The van der Waals surface area contributed by atoms with E-state index in [0.29, 0.717) is 31.6 Å². The van der Waals surface area contributed by atoms with Crippen LogP contribution in [0.5, 0.6) is 0 Å². The van der Waals surface area contributed by atoms with Crippen LogP contribution in [0.1, 0.15) is 434 Å². The van der Waals surface area contributed by atoms with Crippen LogP contribution in [0.25, 0.3) is 0 Å². The quantitative estimate of drug-likeness (QED) is 0.0222. The van der Waals surface area contributed by atoms with Crippen molar-refractivity contribution in [3.05, 3.63) is 0 Å². The number of aliphatic hydroxyl groups excluding tert-OH is 1. The lowest BCUT2D eigenvalue weighted by Gasteiger charge is -2.21. The molecule has 3 unspecified atom stereocenters. The van der Waals surface area contributed by atoms with Crippen molar-refractivity contribution in [2.45, 2.75) is 453 Å². The highest BCUT2D eigenvalue weighted by Crippen LogP contribution is 2.45. The second kappa shape index (κ2) is 72.9. The first-order valence-electron chi connectivity index (χ1n) is 43.2. The Morgan fingerprint density at radius 2 is 0.466 bits per heavy atom. The Labute approximate surface area is 632 Å². The van der Waals surface area contributed by atoms with Crippen molar-refractivity contribution in [2.24, 2.45) is 23.7 Å². The summed E-state index contributed by atoms with van der Waals surface area (Å²) in [7, 11) is -9.92. The fraction of sp³-hybridized carbons (Fsp3) is 0.952. The van der Waals surface area contributed by atoms with E-state index in [2.05, 4.69) is 55.4 Å². The SMILES string of the molecule is CCC(C)CCCCCCCCCCCCCCCCC(=O)O[C@H](COC(=O)CCCCCCCCCCCCCCCCCCCCC(C)C)COP(=O)(O)OC[C@@H](O)COP(=O)(O)OC[C@@H](COC(=O)CCCCCCCCC(C)C)OC(=O)CCCCCCCCCCCCCCC(C)C. The average Bonchev–Trinajstić information content (AvgIpc) is 0.921. The lowest BCUT2D eigenvalue weighted by molar-refractivity contribution is -0.161. The maximum Gasteiger partial charge on any atom is 0.472 e. The number of aliphatic hydroxyl groups is 1. The van der Waals surface area contributed by atoms with Crippen LogP contribution in [0.4, 0.5) is 0 Å². The molecule has 0 spiro atoms. The molecule has 0 aromatic rings. The highest BCUT2D eigenvalue weighted by molar-refractivity contribution is 7.47. The van der Waals surface area contributed by atoms with E-state index in [9.17, 15) is 43.2 Å². The van der Waals surface area contributed by atoms with Crippen LogP contribution < -0.4 is 0 Å². The third-order valence-corrected chi connectivity index (χ3v) is 21.8. The number of phosphoric ester groups is 2. The molecule has 19 heteroatoms. The summed E-state index contributed by atoms with van der Waals surface area (Å²) in [6.07, 6.45) is 61.2. The number of unbranched alkanes of at least 4 members (excludes halogenated alkanes) is 46. The zero-order valence-electron chi connectivity index (χ0n) is 68.0. The van der Waals surface area contributed by atoms with Gasteiger partial charge in [0.15, 0.2) is 12.2 Å². The number of hydrogen-bond acceptors (Lipinski definition) is 15. The number of carbonyl (C=O) groups excluding carboxylic acids is 4. The molecule has 3 N–H and O–H groups in total. The number of ether oxygens (including phenoxy) is 4. The molecule has 0 heterocycles. The van der Waals surface area contributed by atoms with Crippen molar-refractivity contribution >= 4 is 39.5 Å². The number of esters is 4. The van der Waals surface area contributed by atoms with Gasteiger partial charge < -0.3 is 33.8 Å². The molecule has 0 aromatic carbocycles. The molecule has 0 fully saturated rings. The van der Waals surface area contributed by atoms with E-state index in [1.54, 1.807) is 0 Å². The van der Waals surface area contributed by atoms with Gasteiger partial charge in [-0.1, -0.05) is 383 Å². The molecule has 0 bridgehead atoms. The predicted molar refractivity (Wildman–Crippen MR) is 423 cm³/mol. The van der Waals surface area contributed by atoms with Crippen LogP contribution in [0.2, 0.25) is 0 Å². The molecule has 0 radical (unpaired) electrons. The number of phosphoric acid groups is 2. The molecule has 0 rings (SSSR count). The van der Waals surface area contributed by atoms with Crippen LogP contribution in [0.15, 0.2) is 0 Å². The van der Waals surface area contributed by atoms with Crippen molar-refractivity contribution < 1.29 is 80.2 Å². The van der Waals surface area contributed by atoms with E-state index in [-0.39, 0.29) is 25.7 Å². The van der Waals surface area contributed by atoms with Crippen LogP contribution in [-0.4, -0.2) is 96.7 Å². The minimum Gasteiger partial charge on any atom is -0.462 e. The van der Waals surface area contributed by atoms with Crippen LogP contribution in [-0.2, 0) is 65.4 Å². The summed E-state index contributed by atoms with van der Waals surface area (Å²) < 4.78 is 68.8. The van der Waals surface area contributed by atoms with Gasteiger partial charge in [-0.15, -0.1) is 0 Å².